The van der Waals surface area contributed by atoms with E-state index in [1.165, 1.54) is 10.6 Å². The molecule has 1 aliphatic heterocycles. The van der Waals surface area contributed by atoms with Crippen molar-refractivity contribution in [3.8, 4) is 5.88 Å². The first-order valence-electron chi connectivity index (χ1n) is 6.08. The zero-order valence-corrected chi connectivity index (χ0v) is 11.9. The summed E-state index contributed by atoms with van der Waals surface area (Å²) in [7, 11) is -3.23. The molecular weight excluding hydrogens is 268 g/mol. The van der Waals surface area contributed by atoms with E-state index >= 15 is 0 Å². The Bertz CT molecular complexity index is 532. The lowest BCUT2D eigenvalue weighted by Gasteiger charge is -2.21. The number of aryl methyl sites for hydroxylation is 1. The highest BCUT2D eigenvalue weighted by Crippen LogP contribution is 2.13. The Hall–Kier alpha value is -1.18. The van der Waals surface area contributed by atoms with Gasteiger partial charge in [0.15, 0.2) is 0 Å². The van der Waals surface area contributed by atoms with E-state index < -0.39 is 10.0 Å². The molecule has 6 nitrogen and oxygen atoms in total. The summed E-state index contributed by atoms with van der Waals surface area (Å²) in [5.74, 6) is 0.490. The minimum Gasteiger partial charge on any atom is -0.470 e. The van der Waals surface area contributed by atoms with Gasteiger partial charge in [-0.2, -0.15) is 4.31 Å². The summed E-state index contributed by atoms with van der Waals surface area (Å²) in [6.45, 7) is 3.27. The van der Waals surface area contributed by atoms with Crippen molar-refractivity contribution in [1.82, 2.24) is 9.29 Å². The molecule has 1 aromatic rings. The molecule has 0 amide bonds. The van der Waals surface area contributed by atoms with Crippen LogP contribution in [0.4, 0.5) is 0 Å². The van der Waals surface area contributed by atoms with Crippen molar-refractivity contribution in [3.63, 3.8) is 0 Å². The average Bonchev–Trinajstić information content (AvgIpc) is 2.54. The minimum absolute atomic E-state index is 0.286. The molecule has 0 saturated carbocycles. The van der Waals surface area contributed by atoms with Gasteiger partial charge in [0.25, 0.3) is 0 Å². The molecule has 2 heterocycles. The maximum absolute atomic E-state index is 11.6. The van der Waals surface area contributed by atoms with Crippen molar-refractivity contribution >= 4 is 10.0 Å². The Morgan fingerprint density at radius 3 is 2.95 bits per heavy atom. The normalized spacial score (nSPS) is 21.9. The number of sulfonamides is 1. The second kappa shape index (κ2) is 5.85. The van der Waals surface area contributed by atoms with Gasteiger partial charge in [-0.1, -0.05) is 6.07 Å². The van der Waals surface area contributed by atoms with E-state index in [0.717, 1.165) is 5.69 Å². The Kier molecular flexibility index (Phi) is 4.38. The molecule has 1 saturated heterocycles. The summed E-state index contributed by atoms with van der Waals surface area (Å²) in [4.78, 5) is 4.24. The van der Waals surface area contributed by atoms with Crippen LogP contribution >= 0.6 is 0 Å². The third kappa shape index (κ3) is 4.15. The van der Waals surface area contributed by atoms with E-state index in [0.29, 0.717) is 25.6 Å². The second-order valence-corrected chi connectivity index (χ2v) is 6.54. The molecular formula is C12H18N2O4S. The number of pyridine rings is 1. The summed E-state index contributed by atoms with van der Waals surface area (Å²) in [5.41, 5.74) is 0.854. The molecule has 0 N–H and O–H groups in total. The number of nitrogens with zero attached hydrogens (tertiary/aromatic N) is 2. The van der Waals surface area contributed by atoms with E-state index in [1.54, 1.807) is 6.07 Å². The van der Waals surface area contributed by atoms with Crippen LogP contribution in [0.15, 0.2) is 18.2 Å². The standard InChI is InChI=1S/C12H18N2O4S/c1-10-4-3-5-12(13-10)18-11-8-14(19(2,15)16)6-7-17-9-11/h3-5,11H,6-9H2,1-2H3/t11-/m1/s1. The smallest absolute Gasteiger partial charge is 0.213 e. The van der Waals surface area contributed by atoms with Gasteiger partial charge in [0.05, 0.1) is 26.0 Å². The Morgan fingerprint density at radius 1 is 1.47 bits per heavy atom. The second-order valence-electron chi connectivity index (χ2n) is 4.55. The molecule has 0 radical (unpaired) electrons. The van der Waals surface area contributed by atoms with Gasteiger partial charge in [-0.05, 0) is 13.0 Å². The van der Waals surface area contributed by atoms with Crippen molar-refractivity contribution in [1.29, 1.82) is 0 Å². The molecule has 0 aromatic carbocycles. The van der Waals surface area contributed by atoms with Crippen LogP contribution in [0.1, 0.15) is 5.69 Å². The Morgan fingerprint density at radius 2 is 2.26 bits per heavy atom. The third-order valence-electron chi connectivity index (χ3n) is 2.82. The van der Waals surface area contributed by atoms with Crippen LogP contribution in [0, 0.1) is 6.92 Å². The lowest BCUT2D eigenvalue weighted by molar-refractivity contribution is 0.0696. The van der Waals surface area contributed by atoms with Crippen molar-refractivity contribution < 1.29 is 17.9 Å². The first-order chi connectivity index (χ1) is 8.95. The fraction of sp³-hybridized carbons (Fsp3) is 0.583. The van der Waals surface area contributed by atoms with Crippen LogP contribution in [-0.4, -0.2) is 56.4 Å². The van der Waals surface area contributed by atoms with Crippen molar-refractivity contribution in [2.24, 2.45) is 0 Å². The summed E-state index contributed by atoms with van der Waals surface area (Å²) < 4.78 is 35.6. The van der Waals surface area contributed by atoms with Gasteiger partial charge < -0.3 is 9.47 Å². The van der Waals surface area contributed by atoms with Crippen LogP contribution < -0.4 is 4.74 Å². The molecule has 1 atom stereocenters. The number of ether oxygens (including phenoxy) is 2. The molecule has 106 valence electrons. The molecule has 19 heavy (non-hydrogen) atoms. The summed E-state index contributed by atoms with van der Waals surface area (Å²) in [6.07, 6.45) is 0.854. The predicted octanol–water partition coefficient (Wildman–Crippen LogP) is 0.429. The van der Waals surface area contributed by atoms with E-state index in [9.17, 15) is 8.42 Å². The molecule has 0 aliphatic carbocycles. The topological polar surface area (TPSA) is 68.7 Å². The molecule has 7 heteroatoms. The maximum Gasteiger partial charge on any atom is 0.213 e. The van der Waals surface area contributed by atoms with Gasteiger partial charge in [-0.25, -0.2) is 13.4 Å². The zero-order chi connectivity index (χ0) is 13.9. The molecule has 1 aromatic heterocycles. The monoisotopic (exact) mass is 286 g/mol. The fourth-order valence-electron chi connectivity index (χ4n) is 1.88. The minimum atomic E-state index is -3.23. The van der Waals surface area contributed by atoms with Gasteiger partial charge in [0.2, 0.25) is 15.9 Å². The maximum atomic E-state index is 11.6. The first-order valence-corrected chi connectivity index (χ1v) is 7.93. The number of aromatic nitrogens is 1. The third-order valence-corrected chi connectivity index (χ3v) is 4.08. The van der Waals surface area contributed by atoms with E-state index in [2.05, 4.69) is 4.98 Å². The Balaban J connectivity index is 2.07. The summed E-state index contributed by atoms with van der Waals surface area (Å²) in [6, 6.07) is 5.48. The van der Waals surface area contributed by atoms with Crippen molar-refractivity contribution in [2.75, 3.05) is 32.6 Å². The van der Waals surface area contributed by atoms with Crippen LogP contribution in [-0.2, 0) is 14.8 Å². The number of hydrogen-bond donors (Lipinski definition) is 0. The molecule has 1 aliphatic rings. The summed E-state index contributed by atoms with van der Waals surface area (Å²) in [5, 5.41) is 0. The molecule has 0 bridgehead atoms. The van der Waals surface area contributed by atoms with Gasteiger partial charge in [0, 0.05) is 18.3 Å². The lowest BCUT2D eigenvalue weighted by atomic mass is 10.3. The van der Waals surface area contributed by atoms with E-state index in [1.807, 2.05) is 19.1 Å². The highest BCUT2D eigenvalue weighted by atomic mass is 32.2. The van der Waals surface area contributed by atoms with Gasteiger partial charge >= 0.3 is 0 Å². The number of hydrogen-bond acceptors (Lipinski definition) is 5. The number of rotatable bonds is 3. The van der Waals surface area contributed by atoms with E-state index in [4.69, 9.17) is 9.47 Å². The van der Waals surface area contributed by atoms with Crippen LogP contribution in [0.5, 0.6) is 5.88 Å². The molecule has 0 spiro atoms. The first kappa shape index (κ1) is 14.2. The highest BCUT2D eigenvalue weighted by Gasteiger charge is 2.26. The van der Waals surface area contributed by atoms with Crippen molar-refractivity contribution in [3.05, 3.63) is 23.9 Å². The van der Waals surface area contributed by atoms with Crippen LogP contribution in [0.25, 0.3) is 0 Å². The largest absolute Gasteiger partial charge is 0.470 e. The average molecular weight is 286 g/mol. The molecule has 0 unspecified atom stereocenters. The van der Waals surface area contributed by atoms with Gasteiger partial charge in [-0.15, -0.1) is 0 Å². The fourth-order valence-corrected chi connectivity index (χ4v) is 2.72. The Labute approximate surface area is 113 Å². The lowest BCUT2D eigenvalue weighted by Crippen LogP contribution is -2.39. The van der Waals surface area contributed by atoms with E-state index in [-0.39, 0.29) is 12.6 Å². The van der Waals surface area contributed by atoms with Crippen LogP contribution in [0.2, 0.25) is 0 Å². The predicted molar refractivity (Wildman–Crippen MR) is 70.6 cm³/mol. The zero-order valence-electron chi connectivity index (χ0n) is 11.1. The van der Waals surface area contributed by atoms with Crippen molar-refractivity contribution in [2.45, 2.75) is 13.0 Å². The van der Waals surface area contributed by atoms with Gasteiger partial charge in [-0.3, -0.25) is 0 Å². The quantitative estimate of drug-likeness (QED) is 0.806. The molecule has 1 fully saturated rings. The van der Waals surface area contributed by atoms with Crippen LogP contribution in [0.3, 0.4) is 0 Å². The summed E-state index contributed by atoms with van der Waals surface area (Å²) >= 11 is 0. The SMILES string of the molecule is Cc1cccc(O[C@H]2COCCN(S(C)(=O)=O)C2)n1. The highest BCUT2D eigenvalue weighted by molar-refractivity contribution is 7.88. The van der Waals surface area contributed by atoms with Gasteiger partial charge in [0.1, 0.15) is 6.10 Å². The molecule has 2 rings (SSSR count).